The predicted octanol–water partition coefficient (Wildman–Crippen LogP) is 3.33. The summed E-state index contributed by atoms with van der Waals surface area (Å²) in [6.07, 6.45) is 5.08. The van der Waals surface area contributed by atoms with Gasteiger partial charge in [0.1, 0.15) is 24.2 Å². The lowest BCUT2D eigenvalue weighted by Crippen LogP contribution is -2.00. The van der Waals surface area contributed by atoms with Crippen molar-refractivity contribution in [3.8, 4) is 22.7 Å². The van der Waals surface area contributed by atoms with E-state index in [0.717, 1.165) is 28.3 Å². The van der Waals surface area contributed by atoms with Gasteiger partial charge in [-0.2, -0.15) is 10.2 Å². The Balaban J connectivity index is 1.77. The predicted molar refractivity (Wildman–Crippen MR) is 94.6 cm³/mol. The van der Waals surface area contributed by atoms with Gasteiger partial charge in [-0.05, 0) is 48.5 Å². The van der Waals surface area contributed by atoms with Crippen LogP contribution in [0.5, 0.6) is 5.75 Å². The molecule has 0 bridgehead atoms. The summed E-state index contributed by atoms with van der Waals surface area (Å²) in [4.78, 5) is 3.98. The van der Waals surface area contributed by atoms with Crippen LogP contribution in [-0.4, -0.2) is 31.7 Å². The Kier molecular flexibility index (Phi) is 4.18. The molecular formula is C19H16FN5O. The molecule has 7 heteroatoms. The highest BCUT2D eigenvalue weighted by atomic mass is 19.1. The largest absolute Gasteiger partial charge is 0.497 e. The maximum absolute atomic E-state index is 13.2. The normalized spacial score (nSPS) is 10.8. The average Bonchev–Trinajstić information content (AvgIpc) is 3.33. The van der Waals surface area contributed by atoms with Gasteiger partial charge in [0, 0.05) is 17.3 Å². The number of ether oxygens (including phenoxy) is 1. The van der Waals surface area contributed by atoms with Gasteiger partial charge in [-0.25, -0.2) is 18.7 Å². The van der Waals surface area contributed by atoms with E-state index in [0.29, 0.717) is 6.54 Å². The van der Waals surface area contributed by atoms with Crippen molar-refractivity contribution in [3.63, 3.8) is 0 Å². The second-order valence-electron chi connectivity index (χ2n) is 5.75. The number of halogens is 1. The first-order valence-corrected chi connectivity index (χ1v) is 8.04. The van der Waals surface area contributed by atoms with E-state index in [1.165, 1.54) is 18.5 Å². The van der Waals surface area contributed by atoms with Crippen molar-refractivity contribution >= 4 is 0 Å². The third-order valence-electron chi connectivity index (χ3n) is 4.04. The lowest BCUT2D eigenvalue weighted by atomic mass is 10.1. The fourth-order valence-electron chi connectivity index (χ4n) is 2.73. The van der Waals surface area contributed by atoms with Gasteiger partial charge in [0.05, 0.1) is 25.0 Å². The summed E-state index contributed by atoms with van der Waals surface area (Å²) in [5, 5.41) is 8.87. The standard InChI is InChI=1S/C19H16FN5O/c1-26-18-8-2-14(3-9-18)19-15(10-24-13-21-12-22-24)11-25(23-19)17-6-4-16(20)5-7-17/h2-9,11-13H,10H2,1H3. The first kappa shape index (κ1) is 16.0. The zero-order valence-corrected chi connectivity index (χ0v) is 14.1. The summed E-state index contributed by atoms with van der Waals surface area (Å²) in [7, 11) is 1.63. The van der Waals surface area contributed by atoms with Gasteiger partial charge in [0.2, 0.25) is 0 Å². The van der Waals surface area contributed by atoms with E-state index < -0.39 is 0 Å². The third kappa shape index (κ3) is 3.19. The van der Waals surface area contributed by atoms with Crippen LogP contribution in [0.4, 0.5) is 4.39 Å². The van der Waals surface area contributed by atoms with Gasteiger partial charge in [-0.3, -0.25) is 0 Å². The SMILES string of the molecule is COc1ccc(-c2nn(-c3ccc(F)cc3)cc2Cn2cncn2)cc1. The minimum absolute atomic E-state index is 0.279. The Morgan fingerprint density at radius 2 is 1.81 bits per heavy atom. The van der Waals surface area contributed by atoms with Crippen molar-refractivity contribution < 1.29 is 9.13 Å². The molecule has 0 fully saturated rings. The molecule has 0 radical (unpaired) electrons. The fourth-order valence-corrected chi connectivity index (χ4v) is 2.73. The molecule has 0 amide bonds. The maximum atomic E-state index is 13.2. The number of benzene rings is 2. The van der Waals surface area contributed by atoms with Gasteiger partial charge >= 0.3 is 0 Å². The molecule has 0 aliphatic rings. The van der Waals surface area contributed by atoms with Crippen LogP contribution in [0.25, 0.3) is 16.9 Å². The molecule has 0 saturated heterocycles. The van der Waals surface area contributed by atoms with Crippen LogP contribution in [0.1, 0.15) is 5.56 Å². The van der Waals surface area contributed by atoms with Crippen LogP contribution in [-0.2, 0) is 6.54 Å². The van der Waals surface area contributed by atoms with E-state index in [-0.39, 0.29) is 5.82 Å². The number of rotatable bonds is 5. The van der Waals surface area contributed by atoms with E-state index in [2.05, 4.69) is 10.1 Å². The Labute approximate surface area is 149 Å². The molecule has 2 aromatic heterocycles. The number of nitrogens with zero attached hydrogens (tertiary/aromatic N) is 5. The summed E-state index contributed by atoms with van der Waals surface area (Å²) in [6.45, 7) is 0.530. The molecule has 0 saturated carbocycles. The Morgan fingerprint density at radius 3 is 2.46 bits per heavy atom. The van der Waals surface area contributed by atoms with Gasteiger partial charge < -0.3 is 4.74 Å². The van der Waals surface area contributed by atoms with Gasteiger partial charge in [0.25, 0.3) is 0 Å². The van der Waals surface area contributed by atoms with Crippen molar-refractivity contribution in [1.29, 1.82) is 0 Å². The Morgan fingerprint density at radius 1 is 1.04 bits per heavy atom. The molecule has 0 aliphatic heterocycles. The van der Waals surface area contributed by atoms with E-state index in [1.54, 1.807) is 34.9 Å². The lowest BCUT2D eigenvalue weighted by molar-refractivity contribution is 0.415. The van der Waals surface area contributed by atoms with E-state index in [9.17, 15) is 4.39 Å². The number of hydrogen-bond donors (Lipinski definition) is 0. The van der Waals surface area contributed by atoms with Gasteiger partial charge in [-0.1, -0.05) is 0 Å². The zero-order chi connectivity index (χ0) is 17.9. The Bertz CT molecular complexity index is 992. The monoisotopic (exact) mass is 349 g/mol. The minimum atomic E-state index is -0.279. The lowest BCUT2D eigenvalue weighted by Gasteiger charge is -2.04. The third-order valence-corrected chi connectivity index (χ3v) is 4.04. The van der Waals surface area contributed by atoms with Crippen molar-refractivity contribution in [1.82, 2.24) is 24.5 Å². The number of hydrogen-bond acceptors (Lipinski definition) is 4. The number of aromatic nitrogens is 5. The molecule has 4 aromatic rings. The molecule has 0 spiro atoms. The van der Waals surface area contributed by atoms with Crippen LogP contribution in [0.3, 0.4) is 0 Å². The van der Waals surface area contributed by atoms with Crippen LogP contribution >= 0.6 is 0 Å². The van der Waals surface area contributed by atoms with E-state index in [1.807, 2.05) is 30.5 Å². The van der Waals surface area contributed by atoms with Crippen molar-refractivity contribution in [3.05, 3.63) is 78.8 Å². The van der Waals surface area contributed by atoms with E-state index >= 15 is 0 Å². The summed E-state index contributed by atoms with van der Waals surface area (Å²) < 4.78 is 21.9. The molecule has 6 nitrogen and oxygen atoms in total. The first-order chi connectivity index (χ1) is 12.7. The first-order valence-electron chi connectivity index (χ1n) is 8.04. The van der Waals surface area contributed by atoms with Gasteiger partial charge in [0.15, 0.2) is 0 Å². The quantitative estimate of drug-likeness (QED) is 0.555. The molecule has 2 heterocycles. The summed E-state index contributed by atoms with van der Waals surface area (Å²) in [6, 6.07) is 13.9. The zero-order valence-electron chi connectivity index (χ0n) is 14.1. The molecule has 130 valence electrons. The highest BCUT2D eigenvalue weighted by Crippen LogP contribution is 2.26. The topological polar surface area (TPSA) is 57.8 Å². The number of methoxy groups -OCH3 is 1. The van der Waals surface area contributed by atoms with Crippen LogP contribution in [0.2, 0.25) is 0 Å². The van der Waals surface area contributed by atoms with Gasteiger partial charge in [-0.15, -0.1) is 0 Å². The maximum Gasteiger partial charge on any atom is 0.137 e. The second kappa shape index (κ2) is 6.79. The Hall–Kier alpha value is -3.48. The van der Waals surface area contributed by atoms with Crippen molar-refractivity contribution in [2.24, 2.45) is 0 Å². The second-order valence-corrected chi connectivity index (χ2v) is 5.75. The molecule has 26 heavy (non-hydrogen) atoms. The highest BCUT2D eigenvalue weighted by molar-refractivity contribution is 5.64. The van der Waals surface area contributed by atoms with Crippen LogP contribution in [0, 0.1) is 5.82 Å². The molecule has 0 aliphatic carbocycles. The van der Waals surface area contributed by atoms with Crippen LogP contribution in [0.15, 0.2) is 67.4 Å². The van der Waals surface area contributed by atoms with Crippen molar-refractivity contribution in [2.45, 2.75) is 6.54 Å². The van der Waals surface area contributed by atoms with Crippen LogP contribution < -0.4 is 4.74 Å². The summed E-state index contributed by atoms with van der Waals surface area (Å²) in [5.41, 5.74) is 3.55. The molecule has 0 unspecified atom stereocenters. The van der Waals surface area contributed by atoms with E-state index in [4.69, 9.17) is 9.84 Å². The molecule has 0 atom stereocenters. The minimum Gasteiger partial charge on any atom is -0.497 e. The average molecular weight is 349 g/mol. The molecule has 2 aromatic carbocycles. The fraction of sp³-hybridized carbons (Fsp3) is 0.105. The highest BCUT2D eigenvalue weighted by Gasteiger charge is 2.13. The van der Waals surface area contributed by atoms with Crippen molar-refractivity contribution in [2.75, 3.05) is 7.11 Å². The smallest absolute Gasteiger partial charge is 0.137 e. The molecular weight excluding hydrogens is 333 g/mol. The summed E-state index contributed by atoms with van der Waals surface area (Å²) >= 11 is 0. The summed E-state index contributed by atoms with van der Waals surface area (Å²) in [5.74, 6) is 0.503. The molecule has 0 N–H and O–H groups in total. The molecule has 4 rings (SSSR count).